The lowest BCUT2D eigenvalue weighted by atomic mass is 9.79. The molecule has 1 unspecified atom stereocenters. The van der Waals surface area contributed by atoms with Crippen LogP contribution in [-0.4, -0.2) is 39.7 Å². The SMILES string of the molecule is Cc1nn(CC(C)C)c(C)c1CC(=O)N1CCC(N)C(C)(C)C1. The van der Waals surface area contributed by atoms with E-state index < -0.39 is 0 Å². The first-order chi connectivity index (χ1) is 10.6. The van der Waals surface area contributed by atoms with Crippen LogP contribution in [0.2, 0.25) is 0 Å². The van der Waals surface area contributed by atoms with E-state index in [1.807, 2.05) is 16.5 Å². The molecule has 1 aromatic rings. The van der Waals surface area contributed by atoms with Gasteiger partial charge in [-0.1, -0.05) is 27.7 Å². The highest BCUT2D eigenvalue weighted by atomic mass is 16.2. The van der Waals surface area contributed by atoms with Gasteiger partial charge in [0.05, 0.1) is 12.1 Å². The summed E-state index contributed by atoms with van der Waals surface area (Å²) in [5.74, 6) is 0.737. The third-order valence-corrected chi connectivity index (χ3v) is 5.06. The zero-order valence-corrected chi connectivity index (χ0v) is 15.5. The highest BCUT2D eigenvalue weighted by Gasteiger charge is 2.35. The number of aromatic nitrogens is 2. The minimum atomic E-state index is -0.0141. The molecule has 1 aliphatic rings. The van der Waals surface area contributed by atoms with E-state index in [1.54, 1.807) is 0 Å². The molecule has 1 atom stereocenters. The lowest BCUT2D eigenvalue weighted by molar-refractivity contribution is -0.133. The Kier molecular flexibility index (Phi) is 5.19. The molecule has 1 saturated heterocycles. The second-order valence-corrected chi connectivity index (χ2v) is 8.10. The fourth-order valence-corrected chi connectivity index (χ4v) is 3.36. The molecule has 5 heteroatoms. The van der Waals surface area contributed by atoms with Crippen molar-refractivity contribution in [2.45, 2.75) is 67.0 Å². The molecule has 1 aromatic heterocycles. The van der Waals surface area contributed by atoms with E-state index in [0.29, 0.717) is 12.3 Å². The highest BCUT2D eigenvalue weighted by molar-refractivity contribution is 5.79. The van der Waals surface area contributed by atoms with E-state index in [9.17, 15) is 4.79 Å². The molecule has 0 aliphatic carbocycles. The van der Waals surface area contributed by atoms with Crippen molar-refractivity contribution in [2.24, 2.45) is 17.1 Å². The topological polar surface area (TPSA) is 64.2 Å². The summed E-state index contributed by atoms with van der Waals surface area (Å²) in [6, 6.07) is 0.170. The second kappa shape index (κ2) is 6.63. The van der Waals surface area contributed by atoms with Crippen LogP contribution >= 0.6 is 0 Å². The summed E-state index contributed by atoms with van der Waals surface area (Å²) in [4.78, 5) is 14.7. The molecule has 1 amide bonds. The van der Waals surface area contributed by atoms with Gasteiger partial charge in [0.25, 0.3) is 0 Å². The van der Waals surface area contributed by atoms with Gasteiger partial charge >= 0.3 is 0 Å². The van der Waals surface area contributed by atoms with Gasteiger partial charge in [-0.05, 0) is 31.6 Å². The Morgan fingerprint density at radius 1 is 1.39 bits per heavy atom. The van der Waals surface area contributed by atoms with Gasteiger partial charge in [-0.2, -0.15) is 5.10 Å². The van der Waals surface area contributed by atoms with Crippen LogP contribution in [0.1, 0.15) is 51.1 Å². The third kappa shape index (κ3) is 3.94. The molecule has 0 radical (unpaired) electrons. The maximum Gasteiger partial charge on any atom is 0.227 e. The quantitative estimate of drug-likeness (QED) is 0.925. The van der Waals surface area contributed by atoms with Crippen molar-refractivity contribution in [3.05, 3.63) is 17.0 Å². The molecule has 0 spiro atoms. The molecule has 130 valence electrons. The predicted octanol–water partition coefficient (Wildman–Crippen LogP) is 2.28. The average Bonchev–Trinajstić information content (AvgIpc) is 2.68. The number of piperidine rings is 1. The molecule has 0 aromatic carbocycles. The Bertz CT molecular complexity index is 574. The summed E-state index contributed by atoms with van der Waals surface area (Å²) in [6.45, 7) is 15.1. The number of nitrogens with two attached hydrogens (primary N) is 1. The number of amides is 1. The average molecular weight is 320 g/mol. The van der Waals surface area contributed by atoms with Gasteiger partial charge in [0.1, 0.15) is 0 Å². The van der Waals surface area contributed by atoms with E-state index in [4.69, 9.17) is 5.73 Å². The maximum absolute atomic E-state index is 12.7. The van der Waals surface area contributed by atoms with Crippen LogP contribution in [-0.2, 0) is 17.8 Å². The van der Waals surface area contributed by atoms with Gasteiger partial charge in [-0.15, -0.1) is 0 Å². The minimum Gasteiger partial charge on any atom is -0.342 e. The van der Waals surface area contributed by atoms with E-state index in [2.05, 4.69) is 39.7 Å². The first-order valence-electron chi connectivity index (χ1n) is 8.68. The fourth-order valence-electron chi connectivity index (χ4n) is 3.36. The lowest BCUT2D eigenvalue weighted by Gasteiger charge is -2.42. The van der Waals surface area contributed by atoms with Gasteiger partial charge in [-0.25, -0.2) is 0 Å². The second-order valence-electron chi connectivity index (χ2n) is 8.10. The number of hydrogen-bond donors (Lipinski definition) is 1. The van der Waals surface area contributed by atoms with Crippen LogP contribution in [0.25, 0.3) is 0 Å². The van der Waals surface area contributed by atoms with Crippen LogP contribution in [0.4, 0.5) is 0 Å². The molecule has 1 fully saturated rings. The van der Waals surface area contributed by atoms with Gasteiger partial charge in [-0.3, -0.25) is 9.48 Å². The summed E-state index contributed by atoms with van der Waals surface area (Å²) in [5.41, 5.74) is 9.35. The van der Waals surface area contributed by atoms with Crippen molar-refractivity contribution in [1.82, 2.24) is 14.7 Å². The molecule has 2 heterocycles. The Balaban J connectivity index is 2.10. The summed E-state index contributed by atoms with van der Waals surface area (Å²) >= 11 is 0. The minimum absolute atomic E-state index is 0.0141. The predicted molar refractivity (Wildman–Crippen MR) is 93.2 cm³/mol. The number of hydrogen-bond acceptors (Lipinski definition) is 3. The zero-order valence-electron chi connectivity index (χ0n) is 15.5. The Morgan fingerprint density at radius 3 is 2.61 bits per heavy atom. The van der Waals surface area contributed by atoms with Crippen molar-refractivity contribution in [3.8, 4) is 0 Å². The third-order valence-electron chi connectivity index (χ3n) is 5.06. The molecule has 5 nitrogen and oxygen atoms in total. The molecule has 23 heavy (non-hydrogen) atoms. The Hall–Kier alpha value is -1.36. The van der Waals surface area contributed by atoms with Crippen LogP contribution in [0, 0.1) is 25.2 Å². The summed E-state index contributed by atoms with van der Waals surface area (Å²) < 4.78 is 2.04. The summed E-state index contributed by atoms with van der Waals surface area (Å²) in [5, 5.41) is 4.62. The van der Waals surface area contributed by atoms with Crippen molar-refractivity contribution < 1.29 is 4.79 Å². The number of rotatable bonds is 4. The molecule has 0 bridgehead atoms. The normalized spacial score (nSPS) is 21.0. The van der Waals surface area contributed by atoms with Crippen LogP contribution in [0.3, 0.4) is 0 Å². The summed E-state index contributed by atoms with van der Waals surface area (Å²) in [7, 11) is 0. The first-order valence-corrected chi connectivity index (χ1v) is 8.68. The molecule has 2 rings (SSSR count). The molecule has 0 saturated carbocycles. The zero-order chi connectivity index (χ0) is 17.4. The number of nitrogens with zero attached hydrogens (tertiary/aromatic N) is 3. The standard InChI is InChI=1S/C18H32N4O/c1-12(2)10-22-14(4)15(13(3)20-22)9-17(23)21-8-7-16(19)18(5,6)11-21/h12,16H,7-11,19H2,1-6H3. The van der Waals surface area contributed by atoms with Gasteiger partial charge in [0.2, 0.25) is 5.91 Å². The van der Waals surface area contributed by atoms with Gasteiger partial charge in [0.15, 0.2) is 0 Å². The van der Waals surface area contributed by atoms with Gasteiger partial charge in [0, 0.05) is 36.9 Å². The Morgan fingerprint density at radius 2 is 2.04 bits per heavy atom. The highest BCUT2D eigenvalue weighted by Crippen LogP contribution is 2.28. The van der Waals surface area contributed by atoms with Crippen molar-refractivity contribution in [2.75, 3.05) is 13.1 Å². The van der Waals surface area contributed by atoms with E-state index in [1.165, 1.54) is 0 Å². The molecular weight excluding hydrogens is 288 g/mol. The molecular formula is C18H32N4O. The number of aryl methyl sites for hydroxylation is 1. The first kappa shape index (κ1) is 18.0. The monoisotopic (exact) mass is 320 g/mol. The van der Waals surface area contributed by atoms with Crippen LogP contribution in [0.5, 0.6) is 0 Å². The maximum atomic E-state index is 12.7. The number of likely N-dealkylation sites (tertiary alicyclic amines) is 1. The smallest absolute Gasteiger partial charge is 0.227 e. The Labute approximate surface area is 140 Å². The van der Waals surface area contributed by atoms with Crippen LogP contribution < -0.4 is 5.73 Å². The fraction of sp³-hybridized carbons (Fsp3) is 0.778. The van der Waals surface area contributed by atoms with E-state index in [0.717, 1.165) is 43.0 Å². The number of carbonyl (C=O) groups is 1. The van der Waals surface area contributed by atoms with E-state index >= 15 is 0 Å². The van der Waals surface area contributed by atoms with Gasteiger partial charge < -0.3 is 10.6 Å². The van der Waals surface area contributed by atoms with Crippen LogP contribution in [0.15, 0.2) is 0 Å². The largest absolute Gasteiger partial charge is 0.342 e. The van der Waals surface area contributed by atoms with Crippen molar-refractivity contribution in [3.63, 3.8) is 0 Å². The van der Waals surface area contributed by atoms with Crippen molar-refractivity contribution in [1.29, 1.82) is 0 Å². The molecule has 1 aliphatic heterocycles. The molecule has 2 N–H and O–H groups in total. The van der Waals surface area contributed by atoms with Crippen molar-refractivity contribution >= 4 is 5.91 Å². The summed E-state index contributed by atoms with van der Waals surface area (Å²) in [6.07, 6.45) is 1.32. The number of carbonyl (C=O) groups excluding carboxylic acids is 1. The van der Waals surface area contributed by atoms with E-state index in [-0.39, 0.29) is 17.4 Å². The lowest BCUT2D eigenvalue weighted by Crippen LogP contribution is -2.54.